The van der Waals surface area contributed by atoms with Crippen molar-refractivity contribution in [2.45, 2.75) is 12.8 Å². The van der Waals surface area contributed by atoms with E-state index in [4.69, 9.17) is 4.74 Å². The molecule has 0 radical (unpaired) electrons. The average molecular weight is 402 g/mol. The average Bonchev–Trinajstić information content (AvgIpc) is 3.17. The molecule has 2 aromatic carbocycles. The molecular formula is C19H20BrN3O2. The van der Waals surface area contributed by atoms with E-state index in [-0.39, 0.29) is 5.91 Å². The number of rotatable bonds is 5. The lowest BCUT2D eigenvalue weighted by atomic mass is 10.2. The van der Waals surface area contributed by atoms with Crippen LogP contribution < -0.4 is 15.1 Å². The molecule has 0 saturated carbocycles. The van der Waals surface area contributed by atoms with Gasteiger partial charge in [0.1, 0.15) is 5.75 Å². The molecule has 1 heterocycles. The topological polar surface area (TPSA) is 53.9 Å². The number of ether oxygens (including phenoxy) is 1. The Hall–Kier alpha value is -2.34. The van der Waals surface area contributed by atoms with Gasteiger partial charge in [0.05, 0.1) is 18.9 Å². The minimum atomic E-state index is -0.317. The maximum absolute atomic E-state index is 12.3. The number of hydrogen-bond donors (Lipinski definition) is 1. The van der Waals surface area contributed by atoms with Gasteiger partial charge in [-0.05, 0) is 48.7 Å². The molecule has 0 aromatic heterocycles. The molecule has 0 spiro atoms. The highest BCUT2D eigenvalue weighted by Gasteiger charge is 2.13. The number of halogens is 1. The zero-order valence-corrected chi connectivity index (χ0v) is 15.6. The van der Waals surface area contributed by atoms with Gasteiger partial charge in [-0.2, -0.15) is 5.10 Å². The van der Waals surface area contributed by atoms with Gasteiger partial charge in [-0.15, -0.1) is 0 Å². The smallest absolute Gasteiger partial charge is 0.275 e. The van der Waals surface area contributed by atoms with Crippen molar-refractivity contribution in [1.29, 1.82) is 0 Å². The van der Waals surface area contributed by atoms with Crippen LogP contribution in [-0.2, 0) is 0 Å². The maximum atomic E-state index is 12.3. The highest BCUT2D eigenvalue weighted by Crippen LogP contribution is 2.23. The molecule has 1 fully saturated rings. The van der Waals surface area contributed by atoms with Gasteiger partial charge in [-0.25, -0.2) is 5.43 Å². The largest absolute Gasteiger partial charge is 0.496 e. The third-order valence-electron chi connectivity index (χ3n) is 4.15. The molecule has 3 rings (SSSR count). The maximum Gasteiger partial charge on any atom is 0.275 e. The molecule has 130 valence electrons. The molecule has 1 N–H and O–H groups in total. The van der Waals surface area contributed by atoms with Crippen LogP contribution in [0.3, 0.4) is 0 Å². The summed E-state index contributed by atoms with van der Waals surface area (Å²) in [6.07, 6.45) is 4.15. The molecule has 1 aliphatic heterocycles. The molecule has 0 unspecified atom stereocenters. The van der Waals surface area contributed by atoms with Gasteiger partial charge >= 0.3 is 0 Å². The summed E-state index contributed by atoms with van der Waals surface area (Å²) < 4.78 is 6.02. The summed E-state index contributed by atoms with van der Waals surface area (Å²) in [4.78, 5) is 14.6. The summed E-state index contributed by atoms with van der Waals surface area (Å²) in [5.74, 6) is 0.189. The molecule has 5 nitrogen and oxygen atoms in total. The van der Waals surface area contributed by atoms with Crippen LogP contribution in [0, 0.1) is 0 Å². The normalized spacial score (nSPS) is 14.1. The third kappa shape index (κ3) is 4.39. The molecule has 0 atom stereocenters. The predicted octanol–water partition coefficient (Wildman–Crippen LogP) is 3.82. The van der Waals surface area contributed by atoms with Crippen molar-refractivity contribution >= 4 is 33.7 Å². The standard InChI is InChI=1S/C19H20BrN3O2/c1-25-18-9-6-15(20)12-17(18)19(24)22-21-13-14-4-7-16(8-5-14)23-10-2-3-11-23/h4-9,12-13H,2-3,10-11H2,1H3,(H,22,24)/b21-13+. The molecule has 1 saturated heterocycles. The zero-order chi connectivity index (χ0) is 17.6. The van der Waals surface area contributed by atoms with E-state index in [0.29, 0.717) is 11.3 Å². The van der Waals surface area contributed by atoms with Crippen LogP contribution in [-0.4, -0.2) is 32.3 Å². The Labute approximate surface area is 155 Å². The van der Waals surface area contributed by atoms with Crippen LogP contribution in [0.1, 0.15) is 28.8 Å². The monoisotopic (exact) mass is 401 g/mol. The van der Waals surface area contributed by atoms with Crippen molar-refractivity contribution in [3.8, 4) is 5.75 Å². The molecule has 0 bridgehead atoms. The van der Waals surface area contributed by atoms with Gasteiger partial charge in [-0.1, -0.05) is 28.1 Å². The van der Waals surface area contributed by atoms with Crippen molar-refractivity contribution in [2.75, 3.05) is 25.1 Å². The second kappa shape index (κ2) is 8.16. The quantitative estimate of drug-likeness (QED) is 0.611. The number of hydrazone groups is 1. The fourth-order valence-corrected chi connectivity index (χ4v) is 3.19. The Morgan fingerprint density at radius 1 is 1.20 bits per heavy atom. The SMILES string of the molecule is COc1ccc(Br)cc1C(=O)N/N=C/c1ccc(N2CCCC2)cc1. The Bertz CT molecular complexity index is 769. The molecule has 1 amide bonds. The molecule has 2 aromatic rings. The minimum absolute atomic E-state index is 0.317. The number of carbonyl (C=O) groups excluding carboxylic acids is 1. The summed E-state index contributed by atoms with van der Waals surface area (Å²) >= 11 is 3.36. The summed E-state index contributed by atoms with van der Waals surface area (Å²) in [5.41, 5.74) is 5.14. The summed E-state index contributed by atoms with van der Waals surface area (Å²) in [7, 11) is 1.53. The summed E-state index contributed by atoms with van der Waals surface area (Å²) in [6.45, 7) is 2.25. The van der Waals surface area contributed by atoms with E-state index < -0.39 is 0 Å². The van der Waals surface area contributed by atoms with Crippen molar-refractivity contribution < 1.29 is 9.53 Å². The summed E-state index contributed by atoms with van der Waals surface area (Å²) in [5, 5.41) is 4.04. The third-order valence-corrected chi connectivity index (χ3v) is 4.64. The van der Waals surface area contributed by atoms with Crippen LogP contribution in [0.25, 0.3) is 0 Å². The van der Waals surface area contributed by atoms with Crippen LogP contribution >= 0.6 is 15.9 Å². The Kier molecular flexibility index (Phi) is 5.71. The number of benzene rings is 2. The first-order valence-electron chi connectivity index (χ1n) is 8.19. The van der Waals surface area contributed by atoms with E-state index in [1.54, 1.807) is 18.3 Å². The molecule has 1 aliphatic rings. The van der Waals surface area contributed by atoms with Gasteiger partial charge in [-0.3, -0.25) is 4.79 Å². The number of hydrogen-bond acceptors (Lipinski definition) is 4. The molecule has 0 aliphatic carbocycles. The second-order valence-corrected chi connectivity index (χ2v) is 6.75. The lowest BCUT2D eigenvalue weighted by Crippen LogP contribution is -2.18. The number of carbonyl (C=O) groups is 1. The van der Waals surface area contributed by atoms with Crippen LogP contribution in [0.2, 0.25) is 0 Å². The molecule has 25 heavy (non-hydrogen) atoms. The first-order valence-corrected chi connectivity index (χ1v) is 8.98. The van der Waals surface area contributed by atoms with E-state index in [1.165, 1.54) is 25.6 Å². The van der Waals surface area contributed by atoms with Crippen molar-refractivity contribution in [3.63, 3.8) is 0 Å². The van der Waals surface area contributed by atoms with Gasteiger partial charge in [0.25, 0.3) is 5.91 Å². The van der Waals surface area contributed by atoms with Gasteiger partial charge in [0, 0.05) is 23.2 Å². The van der Waals surface area contributed by atoms with E-state index in [9.17, 15) is 4.79 Å². The van der Waals surface area contributed by atoms with Crippen molar-refractivity contribution in [3.05, 3.63) is 58.1 Å². The Balaban J connectivity index is 1.63. The first-order chi connectivity index (χ1) is 12.2. The lowest BCUT2D eigenvalue weighted by molar-refractivity contribution is 0.0952. The number of nitrogens with one attached hydrogen (secondary N) is 1. The number of anilines is 1. The molecular weight excluding hydrogens is 382 g/mol. The highest BCUT2D eigenvalue weighted by molar-refractivity contribution is 9.10. The minimum Gasteiger partial charge on any atom is -0.496 e. The first kappa shape index (κ1) is 17.5. The fraction of sp³-hybridized carbons (Fsp3) is 0.263. The van der Waals surface area contributed by atoms with Crippen LogP contribution in [0.15, 0.2) is 52.0 Å². The van der Waals surface area contributed by atoms with E-state index >= 15 is 0 Å². The zero-order valence-electron chi connectivity index (χ0n) is 14.0. The van der Waals surface area contributed by atoms with E-state index in [2.05, 4.69) is 43.5 Å². The van der Waals surface area contributed by atoms with E-state index in [1.807, 2.05) is 18.2 Å². The van der Waals surface area contributed by atoms with E-state index in [0.717, 1.165) is 23.1 Å². The number of nitrogens with zero attached hydrogens (tertiary/aromatic N) is 2. The number of methoxy groups -OCH3 is 1. The van der Waals surface area contributed by atoms with Gasteiger partial charge < -0.3 is 9.64 Å². The van der Waals surface area contributed by atoms with Crippen LogP contribution in [0.4, 0.5) is 5.69 Å². The number of amides is 1. The van der Waals surface area contributed by atoms with Gasteiger partial charge in [0.15, 0.2) is 0 Å². The summed E-state index contributed by atoms with van der Waals surface area (Å²) in [6, 6.07) is 13.4. The predicted molar refractivity (Wildman–Crippen MR) is 104 cm³/mol. The second-order valence-electron chi connectivity index (χ2n) is 5.83. The fourth-order valence-electron chi connectivity index (χ4n) is 2.83. The Morgan fingerprint density at radius 3 is 2.60 bits per heavy atom. The highest BCUT2D eigenvalue weighted by atomic mass is 79.9. The lowest BCUT2D eigenvalue weighted by Gasteiger charge is -2.17. The van der Waals surface area contributed by atoms with Gasteiger partial charge in [0.2, 0.25) is 0 Å². The van der Waals surface area contributed by atoms with Crippen LogP contribution in [0.5, 0.6) is 5.75 Å². The molecule has 6 heteroatoms. The van der Waals surface area contributed by atoms with Crippen molar-refractivity contribution in [1.82, 2.24) is 5.43 Å². The Morgan fingerprint density at radius 2 is 1.92 bits per heavy atom. The van der Waals surface area contributed by atoms with Crippen molar-refractivity contribution in [2.24, 2.45) is 5.10 Å².